The van der Waals surface area contributed by atoms with Gasteiger partial charge in [-0.15, -0.1) is 0 Å². The van der Waals surface area contributed by atoms with Crippen molar-refractivity contribution in [3.05, 3.63) is 0 Å². The summed E-state index contributed by atoms with van der Waals surface area (Å²) in [5.74, 6) is 0.311. The summed E-state index contributed by atoms with van der Waals surface area (Å²) in [6.07, 6.45) is 3.59. The van der Waals surface area contributed by atoms with E-state index in [4.69, 9.17) is 0 Å². The van der Waals surface area contributed by atoms with Crippen molar-refractivity contribution in [2.45, 2.75) is 65.5 Å². The van der Waals surface area contributed by atoms with Crippen molar-refractivity contribution in [1.29, 1.82) is 0 Å². The van der Waals surface area contributed by atoms with Crippen LogP contribution in [0.3, 0.4) is 0 Å². The highest BCUT2D eigenvalue weighted by Gasteiger charge is 2.40. The largest absolute Gasteiger partial charge is 0.342 e. The molecule has 0 saturated carbocycles. The first-order valence-electron chi connectivity index (χ1n) is 7.17. The molecule has 4 heteroatoms. The van der Waals surface area contributed by atoms with E-state index in [1.54, 1.807) is 4.90 Å². The molecular weight excluding hydrogens is 228 g/mol. The second-order valence-electron chi connectivity index (χ2n) is 5.18. The van der Waals surface area contributed by atoms with Crippen molar-refractivity contribution in [2.75, 3.05) is 6.54 Å². The molecule has 4 nitrogen and oxygen atoms in total. The van der Waals surface area contributed by atoms with E-state index in [9.17, 15) is 9.59 Å². The van der Waals surface area contributed by atoms with Crippen molar-refractivity contribution in [2.24, 2.45) is 5.92 Å². The first-order valence-corrected chi connectivity index (χ1v) is 7.17. The number of nitrogens with one attached hydrogen (secondary N) is 1. The van der Waals surface area contributed by atoms with Gasteiger partial charge in [-0.2, -0.15) is 0 Å². The SMILES string of the molecule is CCCCN1C(=O)C(C(C)CC)NC(=O)C1CC. The summed E-state index contributed by atoms with van der Waals surface area (Å²) in [7, 11) is 0. The summed E-state index contributed by atoms with van der Waals surface area (Å²) in [6.45, 7) is 8.83. The van der Waals surface area contributed by atoms with Crippen molar-refractivity contribution < 1.29 is 9.59 Å². The number of carbonyl (C=O) groups excluding carboxylic acids is 2. The highest BCUT2D eigenvalue weighted by atomic mass is 16.2. The van der Waals surface area contributed by atoms with E-state index >= 15 is 0 Å². The minimum absolute atomic E-state index is 0.0125. The van der Waals surface area contributed by atoms with Gasteiger partial charge in [0.05, 0.1) is 0 Å². The van der Waals surface area contributed by atoms with E-state index in [-0.39, 0.29) is 29.8 Å². The molecule has 0 aromatic carbocycles. The Kier molecular flexibility index (Phi) is 5.63. The zero-order chi connectivity index (χ0) is 13.7. The Morgan fingerprint density at radius 1 is 1.28 bits per heavy atom. The molecule has 3 atom stereocenters. The Labute approximate surface area is 110 Å². The van der Waals surface area contributed by atoms with E-state index in [0.717, 1.165) is 19.3 Å². The highest BCUT2D eigenvalue weighted by Crippen LogP contribution is 2.19. The molecule has 1 heterocycles. The average molecular weight is 254 g/mol. The van der Waals surface area contributed by atoms with Crippen LogP contribution in [0, 0.1) is 5.92 Å². The van der Waals surface area contributed by atoms with Crippen LogP contribution in [0.1, 0.15) is 53.4 Å². The molecule has 1 saturated heterocycles. The van der Waals surface area contributed by atoms with Gasteiger partial charge >= 0.3 is 0 Å². The molecule has 1 fully saturated rings. The van der Waals surface area contributed by atoms with Crippen LogP contribution < -0.4 is 5.32 Å². The van der Waals surface area contributed by atoms with Crippen molar-refractivity contribution >= 4 is 11.8 Å². The number of piperazine rings is 1. The third kappa shape index (κ3) is 3.03. The second kappa shape index (κ2) is 6.76. The zero-order valence-corrected chi connectivity index (χ0v) is 12.0. The quantitative estimate of drug-likeness (QED) is 0.787. The number of rotatable bonds is 6. The summed E-state index contributed by atoms with van der Waals surface area (Å²) in [6, 6.07) is -0.605. The van der Waals surface area contributed by atoms with Crippen LogP contribution in [0.4, 0.5) is 0 Å². The summed E-state index contributed by atoms with van der Waals surface area (Å²) in [5.41, 5.74) is 0. The summed E-state index contributed by atoms with van der Waals surface area (Å²) >= 11 is 0. The Balaban J connectivity index is 2.86. The minimum Gasteiger partial charge on any atom is -0.342 e. The topological polar surface area (TPSA) is 49.4 Å². The number of hydrogen-bond donors (Lipinski definition) is 1. The molecular formula is C14H26N2O2. The fourth-order valence-corrected chi connectivity index (χ4v) is 2.41. The number of carbonyl (C=O) groups is 2. The highest BCUT2D eigenvalue weighted by molar-refractivity contribution is 5.97. The van der Waals surface area contributed by atoms with E-state index < -0.39 is 0 Å². The van der Waals surface area contributed by atoms with Gasteiger partial charge in [0.25, 0.3) is 0 Å². The number of amides is 2. The molecule has 1 aliphatic rings. The van der Waals surface area contributed by atoms with Gasteiger partial charge in [-0.05, 0) is 18.8 Å². The fourth-order valence-electron chi connectivity index (χ4n) is 2.41. The first-order chi connectivity index (χ1) is 8.56. The summed E-state index contributed by atoms with van der Waals surface area (Å²) in [4.78, 5) is 26.3. The smallest absolute Gasteiger partial charge is 0.246 e. The molecule has 0 radical (unpaired) electrons. The zero-order valence-electron chi connectivity index (χ0n) is 12.0. The maximum Gasteiger partial charge on any atom is 0.246 e. The molecule has 1 rings (SSSR count). The molecule has 0 aromatic heterocycles. The maximum atomic E-state index is 12.5. The number of nitrogens with zero attached hydrogens (tertiary/aromatic N) is 1. The predicted molar refractivity (Wildman–Crippen MR) is 72.1 cm³/mol. The minimum atomic E-state index is -0.331. The first kappa shape index (κ1) is 15.0. The lowest BCUT2D eigenvalue weighted by Gasteiger charge is -2.40. The van der Waals surface area contributed by atoms with E-state index in [2.05, 4.69) is 12.2 Å². The van der Waals surface area contributed by atoms with Crippen LogP contribution in [-0.4, -0.2) is 35.3 Å². The van der Waals surface area contributed by atoms with Gasteiger partial charge in [0, 0.05) is 6.54 Å². The van der Waals surface area contributed by atoms with Crippen molar-refractivity contribution in [1.82, 2.24) is 10.2 Å². The monoisotopic (exact) mass is 254 g/mol. The van der Waals surface area contributed by atoms with Crippen LogP contribution in [0.15, 0.2) is 0 Å². The van der Waals surface area contributed by atoms with Crippen LogP contribution in [-0.2, 0) is 9.59 Å². The van der Waals surface area contributed by atoms with Crippen molar-refractivity contribution in [3.8, 4) is 0 Å². The Hall–Kier alpha value is -1.06. The van der Waals surface area contributed by atoms with Crippen LogP contribution in [0.25, 0.3) is 0 Å². The number of hydrogen-bond acceptors (Lipinski definition) is 2. The van der Waals surface area contributed by atoms with Crippen LogP contribution >= 0.6 is 0 Å². The second-order valence-corrected chi connectivity index (χ2v) is 5.18. The van der Waals surface area contributed by atoms with Gasteiger partial charge in [-0.1, -0.05) is 40.5 Å². The third-order valence-corrected chi connectivity index (χ3v) is 3.88. The van der Waals surface area contributed by atoms with Gasteiger partial charge in [-0.25, -0.2) is 0 Å². The Bertz CT molecular complexity index is 304. The molecule has 18 heavy (non-hydrogen) atoms. The molecule has 0 aromatic rings. The summed E-state index contributed by atoms with van der Waals surface area (Å²) < 4.78 is 0. The molecule has 1 N–H and O–H groups in total. The molecule has 0 spiro atoms. The van der Waals surface area contributed by atoms with E-state index in [1.807, 2.05) is 20.8 Å². The van der Waals surface area contributed by atoms with Crippen LogP contribution in [0.5, 0.6) is 0 Å². The third-order valence-electron chi connectivity index (χ3n) is 3.88. The van der Waals surface area contributed by atoms with E-state index in [0.29, 0.717) is 13.0 Å². The van der Waals surface area contributed by atoms with Gasteiger partial charge < -0.3 is 10.2 Å². The standard InChI is InChI=1S/C14H26N2O2/c1-5-8-9-16-11(7-3)13(17)15-12(14(16)18)10(4)6-2/h10-12H,5-9H2,1-4H3,(H,15,17). The van der Waals surface area contributed by atoms with Crippen LogP contribution in [0.2, 0.25) is 0 Å². The predicted octanol–water partition coefficient (Wildman–Crippen LogP) is 1.94. The Morgan fingerprint density at radius 3 is 2.44 bits per heavy atom. The lowest BCUT2D eigenvalue weighted by molar-refractivity contribution is -0.151. The lowest BCUT2D eigenvalue weighted by Crippen LogP contribution is -2.64. The molecule has 1 aliphatic heterocycles. The fraction of sp³-hybridized carbons (Fsp3) is 0.857. The average Bonchev–Trinajstić information content (AvgIpc) is 2.38. The van der Waals surface area contributed by atoms with Crippen molar-refractivity contribution in [3.63, 3.8) is 0 Å². The van der Waals surface area contributed by atoms with Gasteiger partial charge in [0.2, 0.25) is 11.8 Å². The molecule has 0 bridgehead atoms. The molecule has 3 unspecified atom stereocenters. The van der Waals surface area contributed by atoms with Gasteiger partial charge in [0.1, 0.15) is 12.1 Å². The number of unbranched alkanes of at least 4 members (excludes halogenated alkanes) is 1. The molecule has 104 valence electrons. The van der Waals surface area contributed by atoms with Gasteiger partial charge in [0.15, 0.2) is 0 Å². The maximum absolute atomic E-state index is 12.5. The van der Waals surface area contributed by atoms with E-state index in [1.165, 1.54) is 0 Å². The Morgan fingerprint density at radius 2 is 1.94 bits per heavy atom. The molecule has 2 amide bonds. The molecule has 0 aliphatic carbocycles. The lowest BCUT2D eigenvalue weighted by atomic mass is 9.93. The van der Waals surface area contributed by atoms with Gasteiger partial charge in [-0.3, -0.25) is 9.59 Å². The normalized spacial score (nSPS) is 26.1. The summed E-state index contributed by atoms with van der Waals surface area (Å²) in [5, 5.41) is 2.89.